The van der Waals surface area contributed by atoms with Crippen molar-refractivity contribution < 1.29 is 29.5 Å². The minimum atomic E-state index is -1.89. The van der Waals surface area contributed by atoms with Gasteiger partial charge in [0.25, 0.3) is 0 Å². The van der Waals surface area contributed by atoms with E-state index in [0.29, 0.717) is 0 Å². The van der Waals surface area contributed by atoms with Gasteiger partial charge in [0.2, 0.25) is 0 Å². The molecular weight excluding hydrogens is 308 g/mol. The van der Waals surface area contributed by atoms with Crippen LogP contribution in [-0.2, 0) is 40.2 Å². The Bertz CT molecular complexity index is 126. The Kier molecular flexibility index (Phi) is 6.10. The maximum absolute atomic E-state index is 10.0. The van der Waals surface area contributed by atoms with Gasteiger partial charge in [-0.15, -0.1) is 0 Å². The monoisotopic (exact) mass is 319 g/mol. The molecule has 0 fully saturated rings. The molecule has 0 amide bonds. The second-order valence-electron chi connectivity index (χ2n) is 3.01. The van der Waals surface area contributed by atoms with E-state index in [2.05, 4.69) is 0 Å². The van der Waals surface area contributed by atoms with Gasteiger partial charge in [0, 0.05) is 21.1 Å². The molecule has 0 heterocycles. The van der Waals surface area contributed by atoms with Crippen molar-refractivity contribution in [2.75, 3.05) is 5.75 Å². The molecule has 4 heteroatoms. The summed E-state index contributed by atoms with van der Waals surface area (Å²) < 4.78 is 20.0. The summed E-state index contributed by atoms with van der Waals surface area (Å²) in [6.07, 6.45) is 0. The molecule has 0 N–H and O–H groups in total. The Morgan fingerprint density at radius 1 is 1.22 bits per heavy atom. The molecule has 0 aromatic heterocycles. The van der Waals surface area contributed by atoms with Crippen LogP contribution in [0.15, 0.2) is 0 Å². The predicted molar refractivity (Wildman–Crippen MR) is 33.1 cm³/mol. The third-order valence-electron chi connectivity index (χ3n) is 0.551. The minimum Gasteiger partial charge on any atom is -0.424 e. The largest absolute Gasteiger partial charge is 0.424 e. The summed E-state index contributed by atoms with van der Waals surface area (Å²) in [5, 5.41) is 0. The van der Waals surface area contributed by atoms with Crippen LogP contribution in [0.25, 0.3) is 0 Å². The van der Waals surface area contributed by atoms with E-state index in [9.17, 15) is 8.42 Å². The van der Waals surface area contributed by atoms with Crippen LogP contribution in [0.2, 0.25) is 0 Å². The molecule has 0 aromatic rings. The van der Waals surface area contributed by atoms with Gasteiger partial charge in [-0.05, 0) is 0 Å². The van der Waals surface area contributed by atoms with Gasteiger partial charge in [-0.2, -0.15) is 0 Å². The van der Waals surface area contributed by atoms with Crippen LogP contribution < -0.4 is 0 Å². The summed E-state index contributed by atoms with van der Waals surface area (Å²) in [7, 11) is -1.89. The third kappa shape index (κ3) is 12.0. The number of rotatable bonds is 1. The third-order valence-corrected chi connectivity index (χ3v) is 1.65. The molecule has 0 aliphatic carbocycles. The molecule has 2 nitrogen and oxygen atoms in total. The molecule has 0 radical (unpaired) electrons. The average molecular weight is 319 g/mol. The van der Waals surface area contributed by atoms with Crippen molar-refractivity contribution in [3.8, 4) is 0 Å². The van der Waals surface area contributed by atoms with Gasteiger partial charge in [-0.25, -0.2) is 0 Å². The molecule has 0 saturated heterocycles. The van der Waals surface area contributed by atoms with E-state index in [1.165, 1.54) is 0 Å². The Balaban J connectivity index is 0. The van der Waals surface area contributed by atoms with E-state index >= 15 is 0 Å². The Labute approximate surface area is 72.2 Å². The van der Waals surface area contributed by atoms with Crippen LogP contribution in [0.1, 0.15) is 20.8 Å². The van der Waals surface area contributed by atoms with Gasteiger partial charge < -0.3 is 8.42 Å². The van der Waals surface area contributed by atoms with E-state index in [4.69, 9.17) is 0 Å². The fourth-order valence-electron chi connectivity index (χ4n) is 0.354. The van der Waals surface area contributed by atoms with Crippen LogP contribution in [0, 0.1) is 5.41 Å². The van der Waals surface area contributed by atoms with Gasteiger partial charge in [0.05, 0.1) is 0 Å². The predicted octanol–water partition coefficient (Wildman–Crippen LogP) is 1.34. The first-order valence-electron chi connectivity index (χ1n) is 2.48. The maximum atomic E-state index is 10.0. The molecule has 0 spiro atoms. The number of hydrogen-bond acceptors (Lipinski definition) is 3. The van der Waals surface area contributed by atoms with Gasteiger partial charge in [-0.3, -0.25) is 0 Å². The van der Waals surface area contributed by atoms with Crippen molar-refractivity contribution in [3.63, 3.8) is 0 Å². The van der Waals surface area contributed by atoms with Gasteiger partial charge in [0.15, 0.2) is 0 Å². The molecule has 0 saturated carbocycles. The van der Waals surface area contributed by atoms with Crippen LogP contribution >= 0.6 is 0 Å². The minimum absolute atomic E-state index is 0. The Hall–Kier alpha value is 0.638. The second-order valence-corrected chi connectivity index (χ2v) is 3.90. The van der Waals surface area contributed by atoms with Gasteiger partial charge in [-0.1, -0.05) is 42.6 Å². The van der Waals surface area contributed by atoms with E-state index < -0.39 is 10.7 Å². The van der Waals surface area contributed by atoms with Crippen LogP contribution in [0.4, 0.5) is 0 Å². The molecular formula is C5H11O2SW-. The van der Waals surface area contributed by atoms with E-state index in [1.807, 2.05) is 20.8 Å². The molecule has 56 valence electrons. The summed E-state index contributed by atoms with van der Waals surface area (Å²) in [4.78, 5) is 0. The summed E-state index contributed by atoms with van der Waals surface area (Å²) in [6, 6.07) is 0. The topological polar surface area (TPSA) is 34.1 Å². The van der Waals surface area contributed by atoms with Crippen molar-refractivity contribution in [2.24, 2.45) is 5.41 Å². The maximum Gasteiger partial charge on any atom is 0 e. The van der Waals surface area contributed by atoms with Crippen molar-refractivity contribution in [2.45, 2.75) is 20.8 Å². The first-order valence-corrected chi connectivity index (χ1v) is 3.72. The molecule has 0 rings (SSSR count). The summed E-state index contributed by atoms with van der Waals surface area (Å²) in [6.45, 7) is 5.68. The van der Waals surface area contributed by atoms with Crippen LogP contribution in [0.5, 0.6) is 0 Å². The normalized spacial score (nSPS) is 11.1. The van der Waals surface area contributed by atoms with E-state index in [1.54, 1.807) is 0 Å². The zero-order valence-corrected chi connectivity index (χ0v) is 9.59. The second kappa shape index (κ2) is 4.45. The fraction of sp³-hybridized carbons (Fsp3) is 1.00. The summed E-state index contributed by atoms with van der Waals surface area (Å²) >= 11 is 0. The Morgan fingerprint density at radius 2 is 1.56 bits per heavy atom. The van der Waals surface area contributed by atoms with Gasteiger partial charge >= 0.3 is 0 Å². The van der Waals surface area contributed by atoms with Gasteiger partial charge in [0.1, 0.15) is 0 Å². The van der Waals surface area contributed by atoms with E-state index in [-0.39, 0.29) is 32.2 Å². The van der Waals surface area contributed by atoms with Crippen molar-refractivity contribution in [1.29, 1.82) is 0 Å². The molecule has 0 aliphatic rings. The summed E-state index contributed by atoms with van der Waals surface area (Å²) in [5.41, 5.74) is -0.0907. The first-order chi connectivity index (χ1) is 3.42. The zero-order chi connectivity index (χ0) is 6.78. The van der Waals surface area contributed by atoms with Crippen molar-refractivity contribution in [3.05, 3.63) is 0 Å². The van der Waals surface area contributed by atoms with Crippen LogP contribution in [-0.4, -0.2) is 5.75 Å². The number of hydrogen-bond donors (Lipinski definition) is 0. The Morgan fingerprint density at radius 3 is 1.56 bits per heavy atom. The molecule has 0 atom stereocenters. The summed E-state index contributed by atoms with van der Waals surface area (Å²) in [5.74, 6) is 0.243. The van der Waals surface area contributed by atoms with Crippen LogP contribution in [0.3, 0.4) is 0 Å². The molecule has 0 bridgehead atoms. The average Bonchev–Trinajstić information content (AvgIpc) is 1.21. The van der Waals surface area contributed by atoms with Crippen molar-refractivity contribution in [1.82, 2.24) is 0 Å². The first kappa shape index (κ1) is 12.3. The molecule has 0 aliphatic heterocycles. The fourth-order valence-corrected chi connectivity index (χ4v) is 1.06. The molecule has 0 unspecified atom stereocenters. The molecule has 0 aromatic carbocycles. The zero-order valence-electron chi connectivity index (χ0n) is 5.84. The molecule has 9 heavy (non-hydrogen) atoms. The van der Waals surface area contributed by atoms with Crippen molar-refractivity contribution >= 4 is 10.7 Å². The standard InChI is InChI=1S/C5H11O2S.W/c1-5(2,3)4-8(6)7;/h4H2,1-3H3;/q-1;. The van der Waals surface area contributed by atoms with E-state index in [0.717, 1.165) is 0 Å². The smallest absolute Gasteiger partial charge is 0 e. The quantitative estimate of drug-likeness (QED) is 0.684. The SMILES string of the molecule is CC(C)(C)C[S-](=O)=O.[W].